The number of sulfone groups is 1. The van der Waals surface area contributed by atoms with E-state index in [1.165, 1.54) is 31.9 Å². The Morgan fingerprint density at radius 1 is 1.21 bits per heavy atom. The number of hydrogen-bond donors (Lipinski definition) is 1. The SMILES string of the molecule is CC(CS(C)(=O)=O)N(CC1CCNCC1)C1CC1.Cl. The van der Waals surface area contributed by atoms with Crippen LogP contribution in [0.25, 0.3) is 0 Å². The van der Waals surface area contributed by atoms with Gasteiger partial charge in [-0.2, -0.15) is 0 Å². The van der Waals surface area contributed by atoms with Crippen molar-refractivity contribution < 1.29 is 8.42 Å². The van der Waals surface area contributed by atoms with Crippen LogP contribution >= 0.6 is 12.4 Å². The number of halogens is 1. The van der Waals surface area contributed by atoms with Gasteiger partial charge in [-0.05, 0) is 51.6 Å². The highest BCUT2D eigenvalue weighted by molar-refractivity contribution is 7.90. The maximum absolute atomic E-state index is 11.4. The first kappa shape index (κ1) is 17.2. The summed E-state index contributed by atoms with van der Waals surface area (Å²) in [5.74, 6) is 1.04. The van der Waals surface area contributed by atoms with Crippen LogP contribution in [0.15, 0.2) is 0 Å². The molecule has 1 aliphatic heterocycles. The molecule has 1 saturated carbocycles. The molecule has 0 amide bonds. The minimum absolute atomic E-state index is 0. The van der Waals surface area contributed by atoms with Crippen molar-refractivity contribution in [3.05, 3.63) is 0 Å². The van der Waals surface area contributed by atoms with Crippen LogP contribution in [-0.4, -0.2) is 57.0 Å². The summed E-state index contributed by atoms with van der Waals surface area (Å²) in [7, 11) is -2.87. The third-order valence-corrected chi connectivity index (χ3v) is 5.14. The minimum Gasteiger partial charge on any atom is -0.317 e. The van der Waals surface area contributed by atoms with Crippen LogP contribution in [0.1, 0.15) is 32.6 Å². The third kappa shape index (κ3) is 5.98. The van der Waals surface area contributed by atoms with Crippen molar-refractivity contribution >= 4 is 22.2 Å². The lowest BCUT2D eigenvalue weighted by Gasteiger charge is -2.34. The van der Waals surface area contributed by atoms with Crippen LogP contribution in [0.2, 0.25) is 0 Å². The summed E-state index contributed by atoms with van der Waals surface area (Å²) in [5.41, 5.74) is 0. The van der Waals surface area contributed by atoms with Crippen LogP contribution in [0.4, 0.5) is 0 Å². The summed E-state index contributed by atoms with van der Waals surface area (Å²) < 4.78 is 22.9. The zero-order chi connectivity index (χ0) is 13.2. The summed E-state index contributed by atoms with van der Waals surface area (Å²) in [6.45, 7) is 5.39. The Labute approximate surface area is 123 Å². The molecule has 0 aromatic rings. The monoisotopic (exact) mass is 310 g/mol. The topological polar surface area (TPSA) is 49.4 Å². The summed E-state index contributed by atoms with van der Waals surface area (Å²) in [6, 6.07) is 0.819. The van der Waals surface area contributed by atoms with Gasteiger partial charge in [0.1, 0.15) is 9.84 Å². The van der Waals surface area contributed by atoms with Gasteiger partial charge in [0, 0.05) is 24.9 Å². The van der Waals surface area contributed by atoms with Gasteiger partial charge < -0.3 is 5.32 Å². The van der Waals surface area contributed by atoms with Crippen molar-refractivity contribution in [3.63, 3.8) is 0 Å². The Morgan fingerprint density at radius 2 is 1.79 bits per heavy atom. The van der Waals surface area contributed by atoms with E-state index in [9.17, 15) is 8.42 Å². The average molecular weight is 311 g/mol. The largest absolute Gasteiger partial charge is 0.317 e. The predicted octanol–water partition coefficient (Wildman–Crippen LogP) is 1.31. The summed E-state index contributed by atoms with van der Waals surface area (Å²) in [5, 5.41) is 3.39. The Balaban J connectivity index is 0.00000180. The second-order valence-corrected chi connectivity index (χ2v) is 8.25. The highest BCUT2D eigenvalue weighted by atomic mass is 35.5. The van der Waals surface area contributed by atoms with E-state index in [-0.39, 0.29) is 18.4 Å². The first-order chi connectivity index (χ1) is 8.46. The summed E-state index contributed by atoms with van der Waals surface area (Å²) in [6.07, 6.45) is 6.31. The Kier molecular flexibility index (Phi) is 6.57. The summed E-state index contributed by atoms with van der Waals surface area (Å²) >= 11 is 0. The molecule has 1 unspecified atom stereocenters. The average Bonchev–Trinajstić information content (AvgIpc) is 3.08. The lowest BCUT2D eigenvalue weighted by Crippen LogP contribution is -2.44. The second kappa shape index (κ2) is 7.25. The number of piperidine rings is 1. The minimum atomic E-state index is -2.87. The van der Waals surface area contributed by atoms with E-state index in [1.807, 2.05) is 0 Å². The molecule has 1 atom stereocenters. The third-order valence-electron chi connectivity index (χ3n) is 4.05. The van der Waals surface area contributed by atoms with Gasteiger partial charge in [0.25, 0.3) is 0 Å². The van der Waals surface area contributed by atoms with Crippen molar-refractivity contribution in [2.45, 2.75) is 44.7 Å². The maximum atomic E-state index is 11.4. The van der Waals surface area contributed by atoms with Crippen LogP contribution in [0.5, 0.6) is 0 Å². The van der Waals surface area contributed by atoms with Gasteiger partial charge in [0.05, 0.1) is 5.75 Å². The quantitative estimate of drug-likeness (QED) is 0.803. The van der Waals surface area contributed by atoms with E-state index in [2.05, 4.69) is 17.1 Å². The first-order valence-electron chi connectivity index (χ1n) is 7.10. The molecule has 0 radical (unpaired) electrons. The molecular weight excluding hydrogens is 284 g/mol. The van der Waals surface area contributed by atoms with Gasteiger partial charge in [-0.3, -0.25) is 4.90 Å². The molecule has 0 aromatic carbocycles. The zero-order valence-corrected chi connectivity index (χ0v) is 13.6. The Hall–Kier alpha value is 0.160. The predicted molar refractivity (Wildman–Crippen MR) is 81.7 cm³/mol. The van der Waals surface area contributed by atoms with E-state index >= 15 is 0 Å². The standard InChI is InChI=1S/C13H26N2O2S.ClH/c1-11(10-18(2,16)17)15(13-3-4-13)9-12-5-7-14-8-6-12;/h11-14H,3-10H2,1-2H3;1H. The molecule has 2 aliphatic rings. The number of nitrogens with one attached hydrogen (secondary N) is 1. The number of rotatable bonds is 6. The molecule has 1 aliphatic carbocycles. The van der Waals surface area contributed by atoms with Gasteiger partial charge in [-0.1, -0.05) is 0 Å². The molecule has 19 heavy (non-hydrogen) atoms. The van der Waals surface area contributed by atoms with Crippen LogP contribution in [-0.2, 0) is 9.84 Å². The fourth-order valence-electron chi connectivity index (χ4n) is 2.99. The summed E-state index contributed by atoms with van der Waals surface area (Å²) in [4.78, 5) is 2.46. The van der Waals surface area contributed by atoms with Crippen molar-refractivity contribution in [2.24, 2.45) is 5.92 Å². The van der Waals surface area contributed by atoms with Crippen molar-refractivity contribution in [1.82, 2.24) is 10.2 Å². The van der Waals surface area contributed by atoms with Crippen molar-refractivity contribution in [2.75, 3.05) is 31.6 Å². The molecule has 0 bridgehead atoms. The normalized spacial score (nSPS) is 23.1. The lowest BCUT2D eigenvalue weighted by molar-refractivity contribution is 0.162. The Morgan fingerprint density at radius 3 is 2.26 bits per heavy atom. The smallest absolute Gasteiger partial charge is 0.148 e. The number of nitrogens with zero attached hydrogens (tertiary/aromatic N) is 1. The highest BCUT2D eigenvalue weighted by Crippen LogP contribution is 2.31. The fourth-order valence-corrected chi connectivity index (χ4v) is 4.06. The molecule has 1 N–H and O–H groups in total. The fraction of sp³-hybridized carbons (Fsp3) is 1.00. The van der Waals surface area contributed by atoms with Gasteiger partial charge in [-0.15, -0.1) is 12.4 Å². The number of hydrogen-bond acceptors (Lipinski definition) is 4. The molecule has 4 nitrogen and oxygen atoms in total. The molecule has 1 heterocycles. The molecule has 2 rings (SSSR count). The molecule has 114 valence electrons. The van der Waals surface area contributed by atoms with E-state index < -0.39 is 9.84 Å². The van der Waals surface area contributed by atoms with Gasteiger partial charge in [0.15, 0.2) is 0 Å². The van der Waals surface area contributed by atoms with E-state index in [0.717, 1.165) is 25.6 Å². The van der Waals surface area contributed by atoms with Crippen LogP contribution in [0, 0.1) is 5.92 Å². The Bertz CT molecular complexity index is 365. The molecule has 2 fully saturated rings. The van der Waals surface area contributed by atoms with Crippen LogP contribution in [0.3, 0.4) is 0 Å². The lowest BCUT2D eigenvalue weighted by atomic mass is 9.97. The molecule has 0 aromatic heterocycles. The van der Waals surface area contributed by atoms with Crippen molar-refractivity contribution in [3.8, 4) is 0 Å². The molecule has 1 saturated heterocycles. The first-order valence-corrected chi connectivity index (χ1v) is 9.16. The van der Waals surface area contributed by atoms with Crippen molar-refractivity contribution in [1.29, 1.82) is 0 Å². The molecule has 0 spiro atoms. The van der Waals surface area contributed by atoms with E-state index in [0.29, 0.717) is 11.8 Å². The van der Waals surface area contributed by atoms with Crippen LogP contribution < -0.4 is 5.32 Å². The van der Waals surface area contributed by atoms with E-state index in [1.54, 1.807) is 0 Å². The zero-order valence-electron chi connectivity index (χ0n) is 12.0. The van der Waals surface area contributed by atoms with Gasteiger partial charge in [0.2, 0.25) is 0 Å². The van der Waals surface area contributed by atoms with Gasteiger partial charge in [-0.25, -0.2) is 8.42 Å². The highest BCUT2D eigenvalue weighted by Gasteiger charge is 2.34. The molecule has 6 heteroatoms. The second-order valence-electron chi connectivity index (χ2n) is 6.06. The molecular formula is C13H27ClN2O2S. The van der Waals surface area contributed by atoms with E-state index in [4.69, 9.17) is 0 Å². The maximum Gasteiger partial charge on any atom is 0.148 e. The van der Waals surface area contributed by atoms with Gasteiger partial charge >= 0.3 is 0 Å².